The van der Waals surface area contributed by atoms with Gasteiger partial charge in [-0.15, -0.1) is 0 Å². The zero-order chi connectivity index (χ0) is 26.1. The van der Waals surface area contributed by atoms with Crippen LogP contribution in [0.3, 0.4) is 0 Å². The van der Waals surface area contributed by atoms with Crippen molar-refractivity contribution in [2.24, 2.45) is 0 Å². The van der Waals surface area contributed by atoms with Crippen LogP contribution in [0.2, 0.25) is 5.02 Å². The Bertz CT molecular complexity index is 1250. The van der Waals surface area contributed by atoms with Crippen molar-refractivity contribution in [3.8, 4) is 0 Å². The van der Waals surface area contributed by atoms with Gasteiger partial charge in [0.15, 0.2) is 0 Å². The molecule has 0 aliphatic rings. The summed E-state index contributed by atoms with van der Waals surface area (Å²) in [6.07, 6.45) is 1.33. The van der Waals surface area contributed by atoms with Crippen LogP contribution in [0.15, 0.2) is 84.9 Å². The molecule has 0 spiro atoms. The molecule has 2 amide bonds. The molecular formula is C27H30ClN3O4S. The molecule has 1 atom stereocenters. The van der Waals surface area contributed by atoms with Crippen molar-refractivity contribution in [2.75, 3.05) is 23.7 Å². The van der Waals surface area contributed by atoms with Gasteiger partial charge in [0.2, 0.25) is 21.8 Å². The molecule has 3 aromatic carbocycles. The monoisotopic (exact) mass is 527 g/mol. The van der Waals surface area contributed by atoms with E-state index in [2.05, 4.69) is 5.32 Å². The molecule has 190 valence electrons. The molecule has 0 aliphatic carbocycles. The number of nitrogens with zero attached hydrogens (tertiary/aromatic N) is 2. The van der Waals surface area contributed by atoms with Gasteiger partial charge in [0.05, 0.1) is 11.9 Å². The van der Waals surface area contributed by atoms with Crippen LogP contribution in [-0.2, 0) is 32.6 Å². The zero-order valence-electron chi connectivity index (χ0n) is 20.3. The van der Waals surface area contributed by atoms with Crippen LogP contribution in [-0.4, -0.2) is 50.5 Å². The zero-order valence-corrected chi connectivity index (χ0v) is 21.9. The second-order valence-corrected chi connectivity index (χ2v) is 10.7. The van der Waals surface area contributed by atoms with Gasteiger partial charge in [0.25, 0.3) is 0 Å². The predicted molar refractivity (Wildman–Crippen MR) is 143 cm³/mol. The van der Waals surface area contributed by atoms with Crippen LogP contribution in [0.1, 0.15) is 18.1 Å². The van der Waals surface area contributed by atoms with Gasteiger partial charge >= 0.3 is 0 Å². The standard InChI is InChI=1S/C27H30ClN3O4S/c1-3-29-27(33)25(18-21-10-6-4-7-11-21)30(19-22-14-16-23(28)17-15-22)26(32)20-31(36(2,34)35)24-12-8-5-9-13-24/h4-17,25H,3,18-20H2,1-2H3,(H,29,33)/t25-/m0/s1. The Morgan fingerprint density at radius 1 is 0.889 bits per heavy atom. The molecule has 9 heteroatoms. The van der Waals surface area contributed by atoms with E-state index < -0.39 is 28.5 Å². The third-order valence-electron chi connectivity index (χ3n) is 5.61. The van der Waals surface area contributed by atoms with E-state index in [9.17, 15) is 18.0 Å². The SMILES string of the molecule is CCNC(=O)[C@H](Cc1ccccc1)N(Cc1ccc(Cl)cc1)C(=O)CN(c1ccccc1)S(C)(=O)=O. The second-order valence-electron chi connectivity index (χ2n) is 8.35. The third-order valence-corrected chi connectivity index (χ3v) is 7.00. The summed E-state index contributed by atoms with van der Waals surface area (Å²) < 4.78 is 26.3. The minimum atomic E-state index is -3.77. The fourth-order valence-electron chi connectivity index (χ4n) is 3.84. The number of likely N-dealkylation sites (N-methyl/N-ethyl adjacent to an activating group) is 1. The van der Waals surface area contributed by atoms with E-state index in [-0.39, 0.29) is 18.9 Å². The number of para-hydroxylation sites is 1. The van der Waals surface area contributed by atoms with Gasteiger partial charge in [-0.3, -0.25) is 13.9 Å². The van der Waals surface area contributed by atoms with Crippen LogP contribution in [0.5, 0.6) is 0 Å². The molecule has 0 unspecified atom stereocenters. The molecule has 0 saturated heterocycles. The van der Waals surface area contributed by atoms with Crippen LogP contribution < -0.4 is 9.62 Å². The number of hydrogen-bond acceptors (Lipinski definition) is 4. The number of amides is 2. The number of carbonyl (C=O) groups excluding carboxylic acids is 2. The second kappa shape index (κ2) is 12.6. The summed E-state index contributed by atoms with van der Waals surface area (Å²) in [7, 11) is -3.77. The van der Waals surface area contributed by atoms with Gasteiger partial charge in [-0.05, 0) is 42.3 Å². The normalized spacial score (nSPS) is 12.0. The number of sulfonamides is 1. The largest absolute Gasteiger partial charge is 0.355 e. The first-order valence-electron chi connectivity index (χ1n) is 11.6. The number of anilines is 1. The van der Waals surface area contributed by atoms with E-state index >= 15 is 0 Å². The Kier molecular flexibility index (Phi) is 9.50. The highest BCUT2D eigenvalue weighted by molar-refractivity contribution is 7.92. The highest BCUT2D eigenvalue weighted by Gasteiger charge is 2.32. The summed E-state index contributed by atoms with van der Waals surface area (Å²) in [4.78, 5) is 28.5. The summed E-state index contributed by atoms with van der Waals surface area (Å²) in [6, 6.07) is 24.0. The van der Waals surface area contributed by atoms with Gasteiger partial charge in [-0.25, -0.2) is 8.42 Å². The molecule has 0 aliphatic heterocycles. The number of benzene rings is 3. The molecule has 0 radical (unpaired) electrons. The smallest absolute Gasteiger partial charge is 0.244 e. The lowest BCUT2D eigenvalue weighted by atomic mass is 10.0. The van der Waals surface area contributed by atoms with Crippen molar-refractivity contribution >= 4 is 39.1 Å². The van der Waals surface area contributed by atoms with Gasteiger partial charge in [-0.2, -0.15) is 0 Å². The molecule has 3 aromatic rings. The fraction of sp³-hybridized carbons (Fsp3) is 0.259. The Balaban J connectivity index is 2.01. The molecular weight excluding hydrogens is 498 g/mol. The molecule has 36 heavy (non-hydrogen) atoms. The van der Waals surface area contributed by atoms with E-state index in [0.717, 1.165) is 21.7 Å². The summed E-state index contributed by atoms with van der Waals surface area (Å²) >= 11 is 6.04. The van der Waals surface area contributed by atoms with Crippen molar-refractivity contribution in [1.29, 1.82) is 0 Å². The van der Waals surface area contributed by atoms with Crippen molar-refractivity contribution < 1.29 is 18.0 Å². The predicted octanol–water partition coefficient (Wildman–Crippen LogP) is 3.88. The van der Waals surface area contributed by atoms with Crippen LogP contribution in [0.25, 0.3) is 0 Å². The summed E-state index contributed by atoms with van der Waals surface area (Å²) in [5.74, 6) is -0.805. The van der Waals surface area contributed by atoms with Gasteiger partial charge in [0, 0.05) is 24.5 Å². The van der Waals surface area contributed by atoms with Crippen molar-refractivity contribution in [3.63, 3.8) is 0 Å². The Labute approximate surface area is 217 Å². The molecule has 0 saturated carbocycles. The number of halogens is 1. The van der Waals surface area contributed by atoms with Crippen molar-refractivity contribution in [2.45, 2.75) is 25.9 Å². The van der Waals surface area contributed by atoms with Crippen molar-refractivity contribution in [1.82, 2.24) is 10.2 Å². The number of carbonyl (C=O) groups is 2. The average Bonchev–Trinajstić information content (AvgIpc) is 2.86. The lowest BCUT2D eigenvalue weighted by Crippen LogP contribution is -2.53. The topological polar surface area (TPSA) is 86.8 Å². The minimum Gasteiger partial charge on any atom is -0.355 e. The number of rotatable bonds is 11. The maximum atomic E-state index is 13.8. The Morgan fingerprint density at radius 3 is 2.03 bits per heavy atom. The lowest BCUT2D eigenvalue weighted by molar-refractivity contribution is -0.140. The molecule has 3 rings (SSSR count). The van der Waals surface area contributed by atoms with Gasteiger partial charge < -0.3 is 10.2 Å². The lowest BCUT2D eigenvalue weighted by Gasteiger charge is -2.33. The number of hydrogen-bond donors (Lipinski definition) is 1. The van der Waals surface area contributed by atoms with Gasteiger partial charge in [0.1, 0.15) is 12.6 Å². The van der Waals surface area contributed by atoms with Crippen LogP contribution >= 0.6 is 11.6 Å². The van der Waals surface area contributed by atoms with E-state index in [0.29, 0.717) is 17.3 Å². The summed E-state index contributed by atoms with van der Waals surface area (Å²) in [5, 5.41) is 3.38. The Hall–Kier alpha value is -3.36. The number of nitrogens with one attached hydrogen (secondary N) is 1. The maximum absolute atomic E-state index is 13.8. The highest BCUT2D eigenvalue weighted by Crippen LogP contribution is 2.20. The van der Waals surface area contributed by atoms with E-state index in [1.54, 1.807) is 54.6 Å². The first kappa shape index (κ1) is 27.2. The van der Waals surface area contributed by atoms with Crippen molar-refractivity contribution in [3.05, 3.63) is 101 Å². The summed E-state index contributed by atoms with van der Waals surface area (Å²) in [5.41, 5.74) is 2.02. The molecule has 0 aromatic heterocycles. The molecule has 0 fully saturated rings. The molecule has 0 bridgehead atoms. The Morgan fingerprint density at radius 2 is 1.47 bits per heavy atom. The first-order chi connectivity index (χ1) is 17.2. The fourth-order valence-corrected chi connectivity index (χ4v) is 4.82. The quantitative estimate of drug-likeness (QED) is 0.410. The third kappa shape index (κ3) is 7.57. The first-order valence-corrected chi connectivity index (χ1v) is 13.8. The van der Waals surface area contributed by atoms with Crippen LogP contribution in [0, 0.1) is 0 Å². The van der Waals surface area contributed by atoms with E-state index in [4.69, 9.17) is 11.6 Å². The van der Waals surface area contributed by atoms with Gasteiger partial charge in [-0.1, -0.05) is 72.3 Å². The molecule has 0 heterocycles. The minimum absolute atomic E-state index is 0.108. The average molecular weight is 528 g/mol. The molecule has 1 N–H and O–H groups in total. The van der Waals surface area contributed by atoms with Crippen LogP contribution in [0.4, 0.5) is 5.69 Å². The molecule has 7 nitrogen and oxygen atoms in total. The van der Waals surface area contributed by atoms with E-state index in [1.807, 2.05) is 37.3 Å². The highest BCUT2D eigenvalue weighted by atomic mass is 35.5. The van der Waals surface area contributed by atoms with E-state index in [1.165, 1.54) is 4.90 Å². The summed E-state index contributed by atoms with van der Waals surface area (Å²) in [6.45, 7) is 1.87. The maximum Gasteiger partial charge on any atom is 0.244 e.